The van der Waals surface area contributed by atoms with Gasteiger partial charge in [0, 0.05) is 14.2 Å². The van der Waals surface area contributed by atoms with E-state index < -0.39 is 9.28 Å². The molecule has 0 aliphatic rings. The smallest absolute Gasteiger partial charge is 0.321 e. The highest BCUT2D eigenvalue weighted by Gasteiger charge is 2.33. The first-order valence-corrected chi connectivity index (χ1v) is 10.1. The predicted octanol–water partition coefficient (Wildman–Crippen LogP) is 5.83. The van der Waals surface area contributed by atoms with E-state index in [0.717, 1.165) is 6.04 Å². The fraction of sp³-hybridized carbons (Fsp3) is 1.00. The largest absolute Gasteiger partial charge is 0.400 e. The minimum atomic E-state index is -1.43. The van der Waals surface area contributed by atoms with Gasteiger partial charge in [-0.1, -0.05) is 55.4 Å². The first-order valence-electron chi connectivity index (χ1n) is 8.36. The van der Waals surface area contributed by atoms with Gasteiger partial charge in [0.25, 0.3) is 0 Å². The highest BCUT2D eigenvalue weighted by Crippen LogP contribution is 2.44. The van der Waals surface area contributed by atoms with Gasteiger partial charge in [0.1, 0.15) is 0 Å². The highest BCUT2D eigenvalue weighted by atomic mass is 35.5. The standard InChI is InChI=1S/C18H40O2Si.ClH/c1-15(12-21(19-9)20-10)11-17(5,6)14-18(7,8)13-16(2,3)4;/h15,21H,11-14H2,1-10H3;1H. The summed E-state index contributed by atoms with van der Waals surface area (Å²) in [5.41, 5.74) is 1.16. The predicted molar refractivity (Wildman–Crippen MR) is 103 cm³/mol. The Balaban J connectivity index is 0. The highest BCUT2D eigenvalue weighted by molar-refractivity contribution is 6.44. The Morgan fingerprint density at radius 3 is 1.64 bits per heavy atom. The third kappa shape index (κ3) is 11.9. The number of hydrogen-bond acceptors (Lipinski definition) is 2. The van der Waals surface area contributed by atoms with E-state index in [4.69, 9.17) is 8.85 Å². The molecular formula is C18H41ClO2Si. The van der Waals surface area contributed by atoms with Gasteiger partial charge < -0.3 is 8.85 Å². The van der Waals surface area contributed by atoms with Crippen LogP contribution in [0.2, 0.25) is 6.04 Å². The summed E-state index contributed by atoms with van der Waals surface area (Å²) in [6, 6.07) is 1.11. The van der Waals surface area contributed by atoms with E-state index in [0.29, 0.717) is 22.2 Å². The van der Waals surface area contributed by atoms with Gasteiger partial charge in [-0.05, 0) is 47.5 Å². The van der Waals surface area contributed by atoms with Crippen LogP contribution in [-0.2, 0) is 8.85 Å². The summed E-state index contributed by atoms with van der Waals surface area (Å²) in [5.74, 6) is 0.669. The molecular weight excluding hydrogens is 312 g/mol. The maximum atomic E-state index is 5.47. The molecule has 0 saturated carbocycles. The van der Waals surface area contributed by atoms with E-state index in [9.17, 15) is 0 Å². The lowest BCUT2D eigenvalue weighted by molar-refractivity contribution is 0.116. The Labute approximate surface area is 148 Å². The summed E-state index contributed by atoms with van der Waals surface area (Å²) in [6.45, 7) is 19.1. The third-order valence-corrected chi connectivity index (χ3v) is 6.23. The summed E-state index contributed by atoms with van der Waals surface area (Å²) in [5, 5.41) is 0. The molecule has 0 amide bonds. The molecule has 0 aromatic rings. The van der Waals surface area contributed by atoms with Crippen LogP contribution in [0.3, 0.4) is 0 Å². The summed E-state index contributed by atoms with van der Waals surface area (Å²) in [7, 11) is 2.14. The Bertz CT molecular complexity index is 294. The zero-order chi connectivity index (χ0) is 16.9. The van der Waals surface area contributed by atoms with Crippen LogP contribution < -0.4 is 0 Å². The van der Waals surface area contributed by atoms with E-state index in [1.807, 2.05) is 0 Å². The summed E-state index contributed by atoms with van der Waals surface area (Å²) in [6.07, 6.45) is 3.79. The van der Waals surface area contributed by atoms with Crippen molar-refractivity contribution in [3.63, 3.8) is 0 Å². The first-order chi connectivity index (χ1) is 9.30. The van der Waals surface area contributed by atoms with Crippen LogP contribution in [0, 0.1) is 22.2 Å². The number of hydrogen-bond donors (Lipinski definition) is 0. The van der Waals surface area contributed by atoms with E-state index in [-0.39, 0.29) is 12.4 Å². The Kier molecular flexibility index (Phi) is 10.8. The van der Waals surface area contributed by atoms with Gasteiger partial charge >= 0.3 is 9.28 Å². The van der Waals surface area contributed by atoms with Crippen LogP contribution in [0.5, 0.6) is 0 Å². The quantitative estimate of drug-likeness (QED) is 0.486. The molecule has 0 bridgehead atoms. The molecule has 0 N–H and O–H groups in total. The molecule has 0 radical (unpaired) electrons. The fourth-order valence-electron chi connectivity index (χ4n) is 4.51. The van der Waals surface area contributed by atoms with Crippen LogP contribution >= 0.6 is 12.4 Å². The van der Waals surface area contributed by atoms with E-state index in [1.54, 1.807) is 14.2 Å². The Hall–Kier alpha value is 0.427. The molecule has 0 heterocycles. The third-order valence-electron chi connectivity index (χ3n) is 3.99. The lowest BCUT2D eigenvalue weighted by Gasteiger charge is -2.40. The van der Waals surface area contributed by atoms with Gasteiger partial charge in [0.2, 0.25) is 0 Å². The molecule has 0 fully saturated rings. The Morgan fingerprint density at radius 2 is 1.27 bits per heavy atom. The molecule has 0 aromatic heterocycles. The second-order valence-corrected chi connectivity index (χ2v) is 12.0. The molecule has 0 aliphatic heterocycles. The average molecular weight is 353 g/mol. The van der Waals surface area contributed by atoms with Gasteiger partial charge in [-0.25, -0.2) is 0 Å². The molecule has 0 rings (SSSR count). The van der Waals surface area contributed by atoms with Gasteiger partial charge in [0.15, 0.2) is 0 Å². The van der Waals surface area contributed by atoms with Crippen LogP contribution in [-0.4, -0.2) is 23.5 Å². The molecule has 0 aliphatic carbocycles. The molecule has 1 unspecified atom stereocenters. The van der Waals surface area contributed by atoms with Crippen LogP contribution in [0.15, 0.2) is 0 Å². The van der Waals surface area contributed by atoms with E-state index >= 15 is 0 Å². The minimum Gasteiger partial charge on any atom is -0.400 e. The van der Waals surface area contributed by atoms with Crippen molar-refractivity contribution in [1.82, 2.24) is 0 Å². The second-order valence-electron chi connectivity index (χ2n) is 9.69. The molecule has 1 atom stereocenters. The molecule has 0 saturated heterocycles. The number of rotatable bonds is 9. The maximum Gasteiger partial charge on any atom is 0.321 e. The van der Waals surface area contributed by atoms with Gasteiger partial charge in [-0.3, -0.25) is 0 Å². The normalized spacial score (nSPS) is 14.9. The first kappa shape index (κ1) is 24.7. The van der Waals surface area contributed by atoms with Crippen molar-refractivity contribution in [2.75, 3.05) is 14.2 Å². The second kappa shape index (κ2) is 9.66. The van der Waals surface area contributed by atoms with Crippen LogP contribution in [0.1, 0.15) is 74.7 Å². The monoisotopic (exact) mass is 352 g/mol. The van der Waals surface area contributed by atoms with Gasteiger partial charge in [-0.2, -0.15) is 0 Å². The zero-order valence-corrected chi connectivity index (χ0v) is 18.7. The Morgan fingerprint density at radius 1 is 0.818 bits per heavy atom. The maximum absolute atomic E-state index is 5.47. The molecule has 4 heteroatoms. The SMILES string of the molecule is CO[SiH](CC(C)CC(C)(C)CC(C)(C)CC(C)(C)C)OC.Cl. The van der Waals surface area contributed by atoms with Gasteiger partial charge in [0.05, 0.1) is 0 Å². The van der Waals surface area contributed by atoms with Crippen molar-refractivity contribution >= 4 is 21.7 Å². The van der Waals surface area contributed by atoms with Crippen molar-refractivity contribution in [2.45, 2.75) is 80.7 Å². The molecule has 22 heavy (non-hydrogen) atoms. The lowest BCUT2D eigenvalue weighted by Crippen LogP contribution is -2.30. The van der Waals surface area contributed by atoms with Crippen molar-refractivity contribution in [2.24, 2.45) is 22.2 Å². The van der Waals surface area contributed by atoms with E-state index in [2.05, 4.69) is 55.4 Å². The molecule has 0 spiro atoms. The van der Waals surface area contributed by atoms with Crippen molar-refractivity contribution in [3.05, 3.63) is 0 Å². The minimum absolute atomic E-state index is 0. The van der Waals surface area contributed by atoms with Crippen LogP contribution in [0.4, 0.5) is 0 Å². The van der Waals surface area contributed by atoms with E-state index in [1.165, 1.54) is 19.3 Å². The van der Waals surface area contributed by atoms with Crippen molar-refractivity contribution in [1.29, 1.82) is 0 Å². The summed E-state index contributed by atoms with van der Waals surface area (Å²) < 4.78 is 10.9. The molecule has 136 valence electrons. The van der Waals surface area contributed by atoms with Gasteiger partial charge in [-0.15, -0.1) is 12.4 Å². The number of halogens is 1. The van der Waals surface area contributed by atoms with Crippen molar-refractivity contribution < 1.29 is 8.85 Å². The van der Waals surface area contributed by atoms with Crippen molar-refractivity contribution in [3.8, 4) is 0 Å². The molecule has 0 aromatic carbocycles. The topological polar surface area (TPSA) is 18.5 Å². The van der Waals surface area contributed by atoms with Crippen LogP contribution in [0.25, 0.3) is 0 Å². The summed E-state index contributed by atoms with van der Waals surface area (Å²) >= 11 is 0. The zero-order valence-electron chi connectivity index (χ0n) is 16.7. The fourth-order valence-corrected chi connectivity index (χ4v) is 5.91. The summed E-state index contributed by atoms with van der Waals surface area (Å²) in [4.78, 5) is 0. The lowest BCUT2D eigenvalue weighted by atomic mass is 9.66. The molecule has 2 nitrogen and oxygen atoms in total. The average Bonchev–Trinajstić information content (AvgIpc) is 2.19.